The van der Waals surface area contributed by atoms with Crippen LogP contribution in [0.2, 0.25) is 5.02 Å². The molecule has 1 rings (SSSR count). The molecule has 0 saturated heterocycles. The van der Waals surface area contributed by atoms with Crippen molar-refractivity contribution in [1.82, 2.24) is 9.62 Å². The van der Waals surface area contributed by atoms with E-state index in [0.717, 1.165) is 9.21 Å². The highest BCUT2D eigenvalue weighted by Crippen LogP contribution is 2.26. The van der Waals surface area contributed by atoms with Crippen molar-refractivity contribution in [2.24, 2.45) is 0 Å². The molecule has 0 fully saturated rings. The number of rotatable bonds is 9. The summed E-state index contributed by atoms with van der Waals surface area (Å²) in [7, 11) is -0.795. The summed E-state index contributed by atoms with van der Waals surface area (Å²) in [5.74, 6) is -0.489. The number of quaternary nitrogens is 1. The van der Waals surface area contributed by atoms with Crippen LogP contribution in [0.1, 0.15) is 20.8 Å². The summed E-state index contributed by atoms with van der Waals surface area (Å²) in [6.07, 6.45) is 0. The lowest BCUT2D eigenvalue weighted by Gasteiger charge is -2.18. The third-order valence-electron chi connectivity index (χ3n) is 3.76. The zero-order valence-corrected chi connectivity index (χ0v) is 17.9. The van der Waals surface area contributed by atoms with Crippen LogP contribution in [0.4, 0.5) is 5.69 Å². The van der Waals surface area contributed by atoms with Crippen molar-refractivity contribution in [1.29, 1.82) is 0 Å². The summed E-state index contributed by atoms with van der Waals surface area (Å²) in [6.45, 7) is 6.43. The molecular formula is C17H28ClN4O4S+. The van der Waals surface area contributed by atoms with Gasteiger partial charge in [-0.3, -0.25) is 9.59 Å². The second-order valence-corrected chi connectivity index (χ2v) is 9.22. The molecule has 8 nitrogen and oxygen atoms in total. The molecule has 0 spiro atoms. The highest BCUT2D eigenvalue weighted by molar-refractivity contribution is 7.89. The Morgan fingerprint density at radius 1 is 1.19 bits per heavy atom. The molecule has 1 aromatic carbocycles. The van der Waals surface area contributed by atoms with Gasteiger partial charge in [0.25, 0.3) is 11.8 Å². The number of likely N-dealkylation sites (N-methyl/N-ethyl adjacent to an activating group) is 1. The predicted octanol–water partition coefficient (Wildman–Crippen LogP) is -0.0418. The second-order valence-electron chi connectivity index (χ2n) is 6.66. The molecule has 10 heteroatoms. The maximum atomic E-state index is 12.4. The average Bonchev–Trinajstić information content (AvgIpc) is 2.55. The van der Waals surface area contributed by atoms with E-state index >= 15 is 0 Å². The summed E-state index contributed by atoms with van der Waals surface area (Å²) in [5, 5.41) is 5.66. The van der Waals surface area contributed by atoms with E-state index in [0.29, 0.717) is 6.54 Å². The minimum Gasteiger partial charge on any atom is -0.349 e. The van der Waals surface area contributed by atoms with E-state index in [9.17, 15) is 18.0 Å². The number of benzene rings is 1. The molecule has 1 atom stereocenters. The van der Waals surface area contributed by atoms with Crippen molar-refractivity contribution in [3.05, 3.63) is 23.2 Å². The van der Waals surface area contributed by atoms with Crippen molar-refractivity contribution >= 4 is 39.1 Å². The molecule has 0 radical (unpaired) electrons. The summed E-state index contributed by atoms with van der Waals surface area (Å²) in [5.41, 5.74) is 0.215. The highest BCUT2D eigenvalue weighted by Gasteiger charge is 2.21. The molecule has 152 valence electrons. The van der Waals surface area contributed by atoms with E-state index < -0.39 is 10.0 Å². The van der Waals surface area contributed by atoms with Gasteiger partial charge in [-0.15, -0.1) is 0 Å². The highest BCUT2D eigenvalue weighted by atomic mass is 35.5. The van der Waals surface area contributed by atoms with E-state index in [1.807, 2.05) is 20.8 Å². The number of nitrogens with zero attached hydrogens (tertiary/aromatic N) is 1. The van der Waals surface area contributed by atoms with Crippen LogP contribution in [0, 0.1) is 0 Å². The number of carbonyl (C=O) groups excluding carboxylic acids is 2. The number of halogens is 1. The summed E-state index contributed by atoms with van der Waals surface area (Å²) in [6, 6.07) is 4.16. The van der Waals surface area contributed by atoms with Gasteiger partial charge in [0.05, 0.1) is 22.2 Å². The molecule has 1 unspecified atom stereocenters. The van der Waals surface area contributed by atoms with Crippen LogP contribution in [0.25, 0.3) is 0 Å². The van der Waals surface area contributed by atoms with Gasteiger partial charge in [-0.05, 0) is 39.0 Å². The molecule has 0 aliphatic carbocycles. The molecule has 3 N–H and O–H groups in total. The number of nitrogens with one attached hydrogen (secondary N) is 3. The van der Waals surface area contributed by atoms with Gasteiger partial charge in [0.15, 0.2) is 13.1 Å². The molecule has 0 aliphatic heterocycles. The average molecular weight is 420 g/mol. The normalized spacial score (nSPS) is 12.9. The Balaban J connectivity index is 2.85. The van der Waals surface area contributed by atoms with E-state index in [1.165, 1.54) is 32.3 Å². The molecule has 0 aromatic heterocycles. The van der Waals surface area contributed by atoms with Crippen LogP contribution in [0.15, 0.2) is 23.1 Å². The fourth-order valence-corrected chi connectivity index (χ4v) is 3.40. The minimum absolute atomic E-state index is 0.0307. The Hall–Kier alpha value is -1.68. The molecule has 1 aromatic rings. The van der Waals surface area contributed by atoms with Crippen molar-refractivity contribution in [3.63, 3.8) is 0 Å². The predicted molar refractivity (Wildman–Crippen MR) is 105 cm³/mol. The van der Waals surface area contributed by atoms with Crippen LogP contribution in [-0.4, -0.2) is 64.3 Å². The number of hydrogen-bond acceptors (Lipinski definition) is 4. The SMILES string of the molecule is CC[NH+](CC(=O)Nc1cc(S(=O)(=O)N(C)C)ccc1Cl)CC(=O)NC(C)C. The van der Waals surface area contributed by atoms with Gasteiger partial charge in [0, 0.05) is 20.1 Å². The smallest absolute Gasteiger partial charge is 0.279 e. The standard InChI is InChI=1S/C17H27ClN4O4S/c1-6-22(10-16(23)19-12(2)3)11-17(24)20-15-9-13(7-8-14(15)18)27(25,26)21(4)5/h7-9,12H,6,10-11H2,1-5H3,(H,19,23)(H,20,24)/p+1. The van der Waals surface area contributed by atoms with Crippen molar-refractivity contribution < 1.29 is 22.9 Å². The van der Waals surface area contributed by atoms with Crippen LogP contribution >= 0.6 is 11.6 Å². The number of amides is 2. The van der Waals surface area contributed by atoms with Crippen LogP contribution in [0.3, 0.4) is 0 Å². The first-order valence-corrected chi connectivity index (χ1v) is 10.4. The topological polar surface area (TPSA) is 100 Å². The molecule has 0 heterocycles. The first kappa shape index (κ1) is 23.4. The zero-order chi connectivity index (χ0) is 20.8. The maximum Gasteiger partial charge on any atom is 0.279 e. The molecule has 27 heavy (non-hydrogen) atoms. The van der Waals surface area contributed by atoms with Gasteiger partial charge in [-0.25, -0.2) is 12.7 Å². The third kappa shape index (κ3) is 7.10. The number of sulfonamides is 1. The first-order valence-electron chi connectivity index (χ1n) is 8.62. The lowest BCUT2D eigenvalue weighted by Crippen LogP contribution is -3.14. The van der Waals surface area contributed by atoms with Gasteiger partial charge < -0.3 is 15.5 Å². The number of carbonyl (C=O) groups is 2. The Morgan fingerprint density at radius 2 is 1.78 bits per heavy atom. The molecule has 0 saturated carbocycles. The van der Waals surface area contributed by atoms with Gasteiger partial charge in [0.2, 0.25) is 10.0 Å². The van der Waals surface area contributed by atoms with Gasteiger partial charge in [-0.2, -0.15) is 0 Å². The minimum atomic E-state index is -3.64. The lowest BCUT2D eigenvalue weighted by atomic mass is 10.3. The fraction of sp³-hybridized carbons (Fsp3) is 0.529. The van der Waals surface area contributed by atoms with Crippen LogP contribution < -0.4 is 15.5 Å². The van der Waals surface area contributed by atoms with E-state index in [1.54, 1.807) is 0 Å². The van der Waals surface area contributed by atoms with E-state index in [-0.39, 0.29) is 46.6 Å². The fourth-order valence-electron chi connectivity index (χ4n) is 2.31. The van der Waals surface area contributed by atoms with Gasteiger partial charge in [0.1, 0.15) is 0 Å². The van der Waals surface area contributed by atoms with E-state index in [2.05, 4.69) is 10.6 Å². The quantitative estimate of drug-likeness (QED) is 0.522. The Morgan fingerprint density at radius 3 is 2.30 bits per heavy atom. The van der Waals surface area contributed by atoms with E-state index in [4.69, 9.17) is 11.6 Å². The van der Waals surface area contributed by atoms with Crippen LogP contribution in [0.5, 0.6) is 0 Å². The molecular weight excluding hydrogens is 392 g/mol. The zero-order valence-electron chi connectivity index (χ0n) is 16.3. The summed E-state index contributed by atoms with van der Waals surface area (Å²) in [4.78, 5) is 25.0. The summed E-state index contributed by atoms with van der Waals surface area (Å²) >= 11 is 6.09. The Kier molecular flexibility index (Phi) is 8.67. The summed E-state index contributed by atoms with van der Waals surface area (Å²) < 4.78 is 25.6. The van der Waals surface area contributed by atoms with Crippen molar-refractivity contribution in [2.75, 3.05) is 39.0 Å². The largest absolute Gasteiger partial charge is 0.349 e. The third-order valence-corrected chi connectivity index (χ3v) is 5.90. The number of hydrogen-bond donors (Lipinski definition) is 3. The van der Waals surface area contributed by atoms with Gasteiger partial charge in [-0.1, -0.05) is 11.6 Å². The number of anilines is 1. The Labute approximate surface area is 165 Å². The molecule has 0 aliphatic rings. The molecule has 2 amide bonds. The second kappa shape index (κ2) is 10.0. The lowest BCUT2D eigenvalue weighted by molar-refractivity contribution is -0.881. The van der Waals surface area contributed by atoms with Crippen LogP contribution in [-0.2, 0) is 19.6 Å². The molecule has 0 bridgehead atoms. The Bertz CT molecular complexity index is 781. The van der Waals surface area contributed by atoms with Crippen molar-refractivity contribution in [3.8, 4) is 0 Å². The monoisotopic (exact) mass is 419 g/mol. The van der Waals surface area contributed by atoms with Crippen molar-refractivity contribution in [2.45, 2.75) is 31.7 Å². The first-order chi connectivity index (χ1) is 12.5. The maximum absolute atomic E-state index is 12.4. The van der Waals surface area contributed by atoms with Gasteiger partial charge >= 0.3 is 0 Å².